The van der Waals surface area contributed by atoms with Gasteiger partial charge in [-0.1, -0.05) is 42.5 Å². The third-order valence-electron chi connectivity index (χ3n) is 4.60. The molecule has 0 amide bonds. The Bertz CT molecular complexity index is 422. The highest BCUT2D eigenvalue weighted by Crippen LogP contribution is 2.27. The molecule has 1 aromatic rings. The average Bonchev–Trinajstić information content (AvgIpc) is 2.55. The summed E-state index contributed by atoms with van der Waals surface area (Å²) in [6, 6.07) is 11.5. The van der Waals surface area contributed by atoms with E-state index in [1.54, 1.807) is 0 Å². The normalized spacial score (nSPS) is 27.6. The van der Waals surface area contributed by atoms with Crippen LogP contribution in [-0.4, -0.2) is 37.2 Å². The fourth-order valence-electron chi connectivity index (χ4n) is 3.38. The van der Waals surface area contributed by atoms with E-state index in [1.807, 2.05) is 0 Å². The highest BCUT2D eigenvalue weighted by molar-refractivity contribution is 5.15. The topological polar surface area (TPSA) is 12.5 Å². The van der Waals surface area contributed by atoms with Crippen molar-refractivity contribution in [3.05, 3.63) is 48.0 Å². The molecule has 2 heteroatoms. The second-order valence-electron chi connectivity index (χ2n) is 6.01. The van der Waals surface area contributed by atoms with Crippen molar-refractivity contribution in [1.29, 1.82) is 0 Å². The second-order valence-corrected chi connectivity index (χ2v) is 6.01. The Balaban J connectivity index is 1.50. The van der Waals surface area contributed by atoms with E-state index in [0.717, 1.165) is 32.2 Å². The lowest BCUT2D eigenvalue weighted by molar-refractivity contribution is 0.0199. The van der Waals surface area contributed by atoms with Gasteiger partial charge in [0, 0.05) is 19.1 Å². The maximum atomic E-state index is 5.46. The van der Waals surface area contributed by atoms with Crippen molar-refractivity contribution in [2.24, 2.45) is 5.92 Å². The summed E-state index contributed by atoms with van der Waals surface area (Å²) >= 11 is 0. The monoisotopic (exact) mass is 271 g/mol. The van der Waals surface area contributed by atoms with Gasteiger partial charge in [0.1, 0.15) is 0 Å². The summed E-state index contributed by atoms with van der Waals surface area (Å²) in [4.78, 5) is 2.59. The molecule has 20 heavy (non-hydrogen) atoms. The molecule has 0 bridgehead atoms. The Morgan fingerprint density at radius 2 is 1.90 bits per heavy atom. The molecule has 0 spiro atoms. The lowest BCUT2D eigenvalue weighted by atomic mass is 9.86. The first-order valence-electron chi connectivity index (χ1n) is 7.94. The molecule has 2 atom stereocenters. The number of rotatable bonds is 4. The molecule has 3 rings (SSSR count). The standard InChI is InChI=1S/C18H25NO/c1-2-5-16(6-3-1)9-10-17-7-4-8-18(15-17)19-11-13-20-14-12-19/h1-6,8,17-18H,7,9-15H2/t17-,18-/m0/s1. The first kappa shape index (κ1) is 13.8. The van der Waals surface area contributed by atoms with E-state index < -0.39 is 0 Å². The third kappa shape index (κ3) is 3.71. The zero-order valence-corrected chi connectivity index (χ0v) is 12.2. The van der Waals surface area contributed by atoms with Crippen LogP contribution in [0.15, 0.2) is 42.5 Å². The summed E-state index contributed by atoms with van der Waals surface area (Å²) in [6.45, 7) is 4.00. The highest BCUT2D eigenvalue weighted by atomic mass is 16.5. The van der Waals surface area contributed by atoms with Gasteiger partial charge in [-0.05, 0) is 37.2 Å². The molecular formula is C18H25NO. The molecule has 0 N–H and O–H groups in total. The summed E-state index contributed by atoms with van der Waals surface area (Å²) < 4.78 is 5.46. The Morgan fingerprint density at radius 3 is 2.70 bits per heavy atom. The SMILES string of the molecule is C1=C[C@H](N2CCOCC2)C[C@H](CCc2ccccc2)C1. The number of hydrogen-bond acceptors (Lipinski definition) is 2. The van der Waals surface area contributed by atoms with E-state index in [9.17, 15) is 0 Å². The minimum atomic E-state index is 0.647. The predicted octanol–water partition coefficient (Wildman–Crippen LogP) is 3.29. The van der Waals surface area contributed by atoms with Crippen LogP contribution in [0.5, 0.6) is 0 Å². The summed E-state index contributed by atoms with van der Waals surface area (Å²) in [7, 11) is 0. The van der Waals surface area contributed by atoms with Crippen LogP contribution in [0.3, 0.4) is 0 Å². The quantitative estimate of drug-likeness (QED) is 0.779. The maximum absolute atomic E-state index is 5.46. The number of benzene rings is 1. The van der Waals surface area contributed by atoms with Gasteiger partial charge >= 0.3 is 0 Å². The van der Waals surface area contributed by atoms with Crippen LogP contribution in [0.25, 0.3) is 0 Å². The third-order valence-corrected chi connectivity index (χ3v) is 4.60. The van der Waals surface area contributed by atoms with Crippen molar-refractivity contribution in [1.82, 2.24) is 4.90 Å². The zero-order valence-electron chi connectivity index (χ0n) is 12.2. The molecule has 1 aliphatic heterocycles. The number of allylic oxidation sites excluding steroid dienone is 1. The van der Waals surface area contributed by atoms with Crippen molar-refractivity contribution < 1.29 is 4.74 Å². The van der Waals surface area contributed by atoms with Crippen LogP contribution in [0, 0.1) is 5.92 Å². The van der Waals surface area contributed by atoms with E-state index >= 15 is 0 Å². The minimum absolute atomic E-state index is 0.647. The van der Waals surface area contributed by atoms with Gasteiger partial charge in [-0.25, -0.2) is 0 Å². The number of aryl methyl sites for hydroxylation is 1. The Kier molecular flexibility index (Phi) is 4.88. The number of nitrogens with zero attached hydrogens (tertiary/aromatic N) is 1. The van der Waals surface area contributed by atoms with Crippen LogP contribution in [-0.2, 0) is 11.2 Å². The molecular weight excluding hydrogens is 246 g/mol. The van der Waals surface area contributed by atoms with Gasteiger partial charge < -0.3 is 4.74 Å². The van der Waals surface area contributed by atoms with E-state index in [1.165, 1.54) is 31.2 Å². The van der Waals surface area contributed by atoms with Gasteiger partial charge in [-0.15, -0.1) is 0 Å². The average molecular weight is 271 g/mol. The molecule has 0 unspecified atom stereocenters. The molecule has 1 aliphatic carbocycles. The van der Waals surface area contributed by atoms with Crippen molar-refractivity contribution in [2.75, 3.05) is 26.3 Å². The number of morpholine rings is 1. The van der Waals surface area contributed by atoms with E-state index in [2.05, 4.69) is 47.4 Å². The molecule has 1 heterocycles. The van der Waals surface area contributed by atoms with Gasteiger partial charge in [0.2, 0.25) is 0 Å². The number of hydrogen-bond donors (Lipinski definition) is 0. The minimum Gasteiger partial charge on any atom is -0.379 e. The van der Waals surface area contributed by atoms with Gasteiger partial charge in [0.05, 0.1) is 13.2 Å². The maximum Gasteiger partial charge on any atom is 0.0594 e. The van der Waals surface area contributed by atoms with Crippen LogP contribution >= 0.6 is 0 Å². The van der Waals surface area contributed by atoms with Crippen molar-refractivity contribution in [3.8, 4) is 0 Å². The second kappa shape index (κ2) is 7.05. The Labute approximate surface area is 122 Å². The van der Waals surface area contributed by atoms with E-state index in [-0.39, 0.29) is 0 Å². The molecule has 2 aliphatic rings. The molecule has 108 valence electrons. The van der Waals surface area contributed by atoms with Crippen molar-refractivity contribution in [3.63, 3.8) is 0 Å². The molecule has 1 saturated heterocycles. The van der Waals surface area contributed by atoms with Crippen LogP contribution in [0.4, 0.5) is 0 Å². The fourth-order valence-corrected chi connectivity index (χ4v) is 3.38. The summed E-state index contributed by atoms with van der Waals surface area (Å²) in [5.74, 6) is 0.841. The molecule has 2 nitrogen and oxygen atoms in total. The summed E-state index contributed by atoms with van der Waals surface area (Å²) in [5, 5.41) is 0. The summed E-state index contributed by atoms with van der Waals surface area (Å²) in [6.07, 6.45) is 9.94. The van der Waals surface area contributed by atoms with Gasteiger partial charge in [0.15, 0.2) is 0 Å². The van der Waals surface area contributed by atoms with Crippen molar-refractivity contribution >= 4 is 0 Å². The lowest BCUT2D eigenvalue weighted by Gasteiger charge is -2.36. The fraction of sp³-hybridized carbons (Fsp3) is 0.556. The first-order chi connectivity index (χ1) is 9.92. The van der Waals surface area contributed by atoms with E-state index in [4.69, 9.17) is 4.74 Å². The smallest absolute Gasteiger partial charge is 0.0594 e. The summed E-state index contributed by atoms with van der Waals surface area (Å²) in [5.41, 5.74) is 1.48. The van der Waals surface area contributed by atoms with Crippen molar-refractivity contribution in [2.45, 2.75) is 31.7 Å². The lowest BCUT2D eigenvalue weighted by Crippen LogP contribution is -2.44. The largest absolute Gasteiger partial charge is 0.379 e. The van der Waals surface area contributed by atoms with Crippen LogP contribution < -0.4 is 0 Å². The van der Waals surface area contributed by atoms with Gasteiger partial charge in [0.25, 0.3) is 0 Å². The Morgan fingerprint density at radius 1 is 1.10 bits per heavy atom. The van der Waals surface area contributed by atoms with Gasteiger partial charge in [-0.3, -0.25) is 4.90 Å². The Hall–Kier alpha value is -1.12. The molecule has 0 radical (unpaired) electrons. The molecule has 0 aromatic heterocycles. The molecule has 1 fully saturated rings. The highest BCUT2D eigenvalue weighted by Gasteiger charge is 2.24. The first-order valence-corrected chi connectivity index (χ1v) is 7.94. The number of ether oxygens (including phenoxy) is 1. The molecule has 1 aromatic carbocycles. The van der Waals surface area contributed by atoms with E-state index in [0.29, 0.717) is 6.04 Å². The van der Waals surface area contributed by atoms with Crippen LogP contribution in [0.1, 0.15) is 24.8 Å². The predicted molar refractivity (Wildman–Crippen MR) is 82.8 cm³/mol. The van der Waals surface area contributed by atoms with Gasteiger partial charge in [-0.2, -0.15) is 0 Å². The zero-order chi connectivity index (χ0) is 13.6. The molecule has 0 saturated carbocycles. The van der Waals surface area contributed by atoms with Crippen LogP contribution in [0.2, 0.25) is 0 Å².